The number of benzene rings is 3. The van der Waals surface area contributed by atoms with Crippen molar-refractivity contribution < 1.29 is 4.74 Å². The number of hydrogen-bond acceptors (Lipinski definition) is 1. The summed E-state index contributed by atoms with van der Waals surface area (Å²) < 4.78 is 5.27. The van der Waals surface area contributed by atoms with Gasteiger partial charge in [-0.3, -0.25) is 0 Å². The fraction of sp³-hybridized carbons (Fsp3) is 0.0909. The number of allylic oxidation sites excluding steroid dienone is 1. The smallest absolute Gasteiger partial charge is 0.118 e. The van der Waals surface area contributed by atoms with E-state index in [2.05, 4.69) is 78.9 Å². The van der Waals surface area contributed by atoms with E-state index in [1.165, 1.54) is 16.7 Å². The standard InChI is InChI=1S/C22H20O/c1-23-21-15-13-20(14-16-21)22(19-10-6-3-7-11-19)17-12-18-8-4-2-5-9-18/h2-17,22H,1H3/b17-12+/t22-/m1/s1. The van der Waals surface area contributed by atoms with Crippen molar-refractivity contribution in [2.45, 2.75) is 5.92 Å². The van der Waals surface area contributed by atoms with E-state index in [0.29, 0.717) is 0 Å². The lowest BCUT2D eigenvalue weighted by Crippen LogP contribution is -1.97. The average Bonchev–Trinajstić information content (AvgIpc) is 2.64. The van der Waals surface area contributed by atoms with E-state index < -0.39 is 0 Å². The molecule has 0 radical (unpaired) electrons. The molecular weight excluding hydrogens is 280 g/mol. The second-order valence-electron chi connectivity index (χ2n) is 5.43. The Kier molecular flexibility index (Phi) is 4.90. The predicted molar refractivity (Wildman–Crippen MR) is 96.8 cm³/mol. The first-order valence-electron chi connectivity index (χ1n) is 7.79. The third-order valence-corrected chi connectivity index (χ3v) is 3.91. The Hall–Kier alpha value is -2.80. The molecule has 1 nitrogen and oxygen atoms in total. The maximum atomic E-state index is 5.27. The normalized spacial score (nSPS) is 12.2. The van der Waals surface area contributed by atoms with Crippen molar-refractivity contribution >= 4 is 6.08 Å². The molecule has 0 aliphatic rings. The molecule has 114 valence electrons. The molecule has 0 aliphatic heterocycles. The number of rotatable bonds is 5. The first-order valence-corrected chi connectivity index (χ1v) is 7.79. The zero-order chi connectivity index (χ0) is 15.9. The summed E-state index contributed by atoms with van der Waals surface area (Å²) in [6.45, 7) is 0. The largest absolute Gasteiger partial charge is 0.497 e. The van der Waals surface area contributed by atoms with Gasteiger partial charge in [-0.05, 0) is 28.8 Å². The van der Waals surface area contributed by atoms with Gasteiger partial charge in [0, 0.05) is 5.92 Å². The first kappa shape index (κ1) is 15.1. The van der Waals surface area contributed by atoms with Crippen molar-refractivity contribution in [3.8, 4) is 5.75 Å². The lowest BCUT2D eigenvalue weighted by atomic mass is 9.90. The van der Waals surface area contributed by atoms with Gasteiger partial charge in [-0.25, -0.2) is 0 Å². The fourth-order valence-corrected chi connectivity index (χ4v) is 2.66. The number of methoxy groups -OCH3 is 1. The molecule has 0 heterocycles. The van der Waals surface area contributed by atoms with Crippen LogP contribution in [0.2, 0.25) is 0 Å². The van der Waals surface area contributed by atoms with E-state index in [9.17, 15) is 0 Å². The zero-order valence-electron chi connectivity index (χ0n) is 13.2. The maximum absolute atomic E-state index is 5.27. The lowest BCUT2D eigenvalue weighted by Gasteiger charge is -2.14. The molecule has 23 heavy (non-hydrogen) atoms. The Morgan fingerprint density at radius 3 is 1.87 bits per heavy atom. The highest BCUT2D eigenvalue weighted by Crippen LogP contribution is 2.28. The summed E-state index contributed by atoms with van der Waals surface area (Å²) in [5.74, 6) is 1.11. The summed E-state index contributed by atoms with van der Waals surface area (Å²) in [5.41, 5.74) is 3.75. The quantitative estimate of drug-likeness (QED) is 0.601. The van der Waals surface area contributed by atoms with Crippen LogP contribution < -0.4 is 4.74 Å². The minimum atomic E-state index is 0.224. The Morgan fingerprint density at radius 1 is 0.696 bits per heavy atom. The Morgan fingerprint density at radius 2 is 1.26 bits per heavy atom. The van der Waals surface area contributed by atoms with Gasteiger partial charge in [0.05, 0.1) is 7.11 Å². The van der Waals surface area contributed by atoms with Crippen LogP contribution in [0.15, 0.2) is 91.0 Å². The van der Waals surface area contributed by atoms with Crippen LogP contribution >= 0.6 is 0 Å². The molecule has 0 aromatic heterocycles. The van der Waals surface area contributed by atoms with Gasteiger partial charge in [0.2, 0.25) is 0 Å². The van der Waals surface area contributed by atoms with Crippen molar-refractivity contribution in [3.05, 3.63) is 108 Å². The lowest BCUT2D eigenvalue weighted by molar-refractivity contribution is 0.414. The number of ether oxygens (including phenoxy) is 1. The highest BCUT2D eigenvalue weighted by molar-refractivity contribution is 5.53. The van der Waals surface area contributed by atoms with E-state index >= 15 is 0 Å². The molecule has 0 fully saturated rings. The second kappa shape index (κ2) is 7.46. The molecule has 0 aliphatic carbocycles. The van der Waals surface area contributed by atoms with Gasteiger partial charge < -0.3 is 4.74 Å². The summed E-state index contributed by atoms with van der Waals surface area (Å²) in [4.78, 5) is 0. The molecule has 0 amide bonds. The van der Waals surface area contributed by atoms with Crippen LogP contribution in [0.1, 0.15) is 22.6 Å². The van der Waals surface area contributed by atoms with E-state index in [4.69, 9.17) is 4.74 Å². The van der Waals surface area contributed by atoms with Crippen LogP contribution in [0.25, 0.3) is 6.08 Å². The Bertz CT molecular complexity index is 743. The molecule has 3 rings (SSSR count). The molecular formula is C22H20O. The summed E-state index contributed by atoms with van der Waals surface area (Å²) in [7, 11) is 1.69. The molecule has 0 bridgehead atoms. The maximum Gasteiger partial charge on any atom is 0.118 e. The van der Waals surface area contributed by atoms with Crippen LogP contribution in [0.3, 0.4) is 0 Å². The summed E-state index contributed by atoms with van der Waals surface area (Å²) in [6.07, 6.45) is 4.44. The van der Waals surface area contributed by atoms with Crippen molar-refractivity contribution in [2.24, 2.45) is 0 Å². The van der Waals surface area contributed by atoms with Crippen molar-refractivity contribution in [1.29, 1.82) is 0 Å². The second-order valence-corrected chi connectivity index (χ2v) is 5.43. The van der Waals surface area contributed by atoms with E-state index in [0.717, 1.165) is 5.75 Å². The summed E-state index contributed by atoms with van der Waals surface area (Å²) >= 11 is 0. The molecule has 0 saturated heterocycles. The molecule has 0 N–H and O–H groups in total. The summed E-state index contributed by atoms with van der Waals surface area (Å²) in [5, 5.41) is 0. The minimum absolute atomic E-state index is 0.224. The van der Waals surface area contributed by atoms with Gasteiger partial charge >= 0.3 is 0 Å². The highest BCUT2D eigenvalue weighted by Gasteiger charge is 2.10. The molecule has 0 spiro atoms. The minimum Gasteiger partial charge on any atom is -0.497 e. The predicted octanol–water partition coefficient (Wildman–Crippen LogP) is 5.54. The fourth-order valence-electron chi connectivity index (χ4n) is 2.66. The summed E-state index contributed by atoms with van der Waals surface area (Å²) in [6, 6.07) is 29.2. The van der Waals surface area contributed by atoms with Crippen molar-refractivity contribution in [2.75, 3.05) is 7.11 Å². The van der Waals surface area contributed by atoms with Crippen molar-refractivity contribution in [3.63, 3.8) is 0 Å². The first-order chi connectivity index (χ1) is 11.4. The molecule has 0 unspecified atom stereocenters. The molecule has 0 saturated carbocycles. The highest BCUT2D eigenvalue weighted by atomic mass is 16.5. The van der Waals surface area contributed by atoms with Gasteiger partial charge in [-0.2, -0.15) is 0 Å². The molecule has 3 aromatic rings. The van der Waals surface area contributed by atoms with Gasteiger partial charge in [0.1, 0.15) is 5.75 Å². The van der Waals surface area contributed by atoms with E-state index in [-0.39, 0.29) is 5.92 Å². The van der Waals surface area contributed by atoms with Crippen LogP contribution in [-0.4, -0.2) is 7.11 Å². The van der Waals surface area contributed by atoms with E-state index in [1.807, 2.05) is 18.2 Å². The van der Waals surface area contributed by atoms with Crippen LogP contribution in [0.4, 0.5) is 0 Å². The molecule has 1 heteroatoms. The number of hydrogen-bond donors (Lipinski definition) is 0. The SMILES string of the molecule is COc1ccc([C@H](/C=C/c2ccccc2)c2ccccc2)cc1. The topological polar surface area (TPSA) is 9.23 Å². The van der Waals surface area contributed by atoms with Gasteiger partial charge in [-0.15, -0.1) is 0 Å². The zero-order valence-corrected chi connectivity index (χ0v) is 13.2. The Balaban J connectivity index is 1.95. The third-order valence-electron chi connectivity index (χ3n) is 3.91. The van der Waals surface area contributed by atoms with E-state index in [1.54, 1.807) is 7.11 Å². The van der Waals surface area contributed by atoms with Gasteiger partial charge in [0.15, 0.2) is 0 Å². The third kappa shape index (κ3) is 3.89. The average molecular weight is 300 g/mol. The van der Waals surface area contributed by atoms with Crippen molar-refractivity contribution in [1.82, 2.24) is 0 Å². The van der Waals surface area contributed by atoms with Crippen LogP contribution in [0, 0.1) is 0 Å². The molecule has 1 atom stereocenters. The Labute approximate surface area is 137 Å². The van der Waals surface area contributed by atoms with Crippen LogP contribution in [0.5, 0.6) is 5.75 Å². The van der Waals surface area contributed by atoms with Crippen LogP contribution in [-0.2, 0) is 0 Å². The molecule has 3 aromatic carbocycles. The van der Waals surface area contributed by atoms with Gasteiger partial charge in [-0.1, -0.05) is 84.9 Å². The van der Waals surface area contributed by atoms with Gasteiger partial charge in [0.25, 0.3) is 0 Å². The monoisotopic (exact) mass is 300 g/mol.